The van der Waals surface area contributed by atoms with Crippen LogP contribution in [0, 0.1) is 13.8 Å². The number of hydrogen-bond donors (Lipinski definition) is 1. The summed E-state index contributed by atoms with van der Waals surface area (Å²) in [7, 11) is 0. The Morgan fingerprint density at radius 3 is 2.32 bits per heavy atom. The maximum absolute atomic E-state index is 5.40. The van der Waals surface area contributed by atoms with Crippen LogP contribution in [-0.4, -0.2) is 41.8 Å². The van der Waals surface area contributed by atoms with E-state index in [1.54, 1.807) is 0 Å². The molecule has 5 nitrogen and oxygen atoms in total. The lowest BCUT2D eigenvalue weighted by molar-refractivity contribution is 0.122. The number of nitrogens with one attached hydrogen (secondary N) is 1. The molecule has 0 aliphatic carbocycles. The molecule has 1 N–H and O–H groups in total. The molecule has 2 heterocycles. The Bertz CT molecular complexity index is 447. The molecule has 1 aliphatic heterocycles. The summed E-state index contributed by atoms with van der Waals surface area (Å²) in [6.07, 6.45) is 0. The molecule has 19 heavy (non-hydrogen) atoms. The lowest BCUT2D eigenvalue weighted by Gasteiger charge is -2.30. The first kappa shape index (κ1) is 14.1. The predicted octanol–water partition coefficient (Wildman–Crippen LogP) is 2.14. The number of aryl methyl sites for hydroxylation is 1. The molecular weight excluding hydrogens is 240 g/mol. The Balaban J connectivity index is 2.31. The molecule has 0 amide bonds. The van der Waals surface area contributed by atoms with Crippen LogP contribution in [0.1, 0.15) is 32.0 Å². The molecule has 0 saturated carbocycles. The van der Waals surface area contributed by atoms with Crippen LogP contribution in [0.15, 0.2) is 0 Å². The van der Waals surface area contributed by atoms with Crippen molar-refractivity contribution in [3.05, 3.63) is 11.3 Å². The summed E-state index contributed by atoms with van der Waals surface area (Å²) < 4.78 is 5.40. The van der Waals surface area contributed by atoms with E-state index in [0.717, 1.165) is 43.4 Å². The lowest BCUT2D eigenvalue weighted by atomic mass is 10.1. The van der Waals surface area contributed by atoms with Gasteiger partial charge in [-0.05, 0) is 34.6 Å². The van der Waals surface area contributed by atoms with Gasteiger partial charge in [-0.2, -0.15) is 4.98 Å². The fourth-order valence-corrected chi connectivity index (χ4v) is 2.09. The van der Waals surface area contributed by atoms with Crippen molar-refractivity contribution < 1.29 is 4.74 Å². The van der Waals surface area contributed by atoms with Crippen LogP contribution in [0.3, 0.4) is 0 Å². The van der Waals surface area contributed by atoms with E-state index in [0.29, 0.717) is 5.95 Å². The zero-order valence-electron chi connectivity index (χ0n) is 12.6. The third kappa shape index (κ3) is 3.56. The quantitative estimate of drug-likeness (QED) is 0.887. The van der Waals surface area contributed by atoms with E-state index in [4.69, 9.17) is 9.72 Å². The predicted molar refractivity (Wildman–Crippen MR) is 77.9 cm³/mol. The average molecular weight is 264 g/mol. The first-order valence-corrected chi connectivity index (χ1v) is 6.83. The zero-order chi connectivity index (χ0) is 14.0. The Morgan fingerprint density at radius 1 is 1.11 bits per heavy atom. The maximum atomic E-state index is 5.40. The van der Waals surface area contributed by atoms with Crippen molar-refractivity contribution >= 4 is 11.8 Å². The second-order valence-corrected chi connectivity index (χ2v) is 6.06. The molecule has 1 fully saturated rings. The van der Waals surface area contributed by atoms with Crippen LogP contribution in [0.25, 0.3) is 0 Å². The molecule has 0 aromatic carbocycles. The molecule has 106 valence electrons. The summed E-state index contributed by atoms with van der Waals surface area (Å²) in [4.78, 5) is 11.5. The van der Waals surface area contributed by atoms with E-state index in [2.05, 4.69) is 42.9 Å². The third-order valence-electron chi connectivity index (χ3n) is 3.16. The molecule has 0 atom stereocenters. The SMILES string of the molecule is Cc1nc(NC(C)(C)C)nc(N2CCOCC2)c1C. The monoisotopic (exact) mass is 264 g/mol. The minimum atomic E-state index is -0.0377. The fourth-order valence-electron chi connectivity index (χ4n) is 2.09. The summed E-state index contributed by atoms with van der Waals surface area (Å²) in [5.41, 5.74) is 2.15. The van der Waals surface area contributed by atoms with E-state index >= 15 is 0 Å². The van der Waals surface area contributed by atoms with Gasteiger partial charge in [0.2, 0.25) is 5.95 Å². The van der Waals surface area contributed by atoms with E-state index in [1.807, 2.05) is 6.92 Å². The van der Waals surface area contributed by atoms with Crippen molar-refractivity contribution in [2.75, 3.05) is 36.5 Å². The molecule has 1 aliphatic rings. The highest BCUT2D eigenvalue weighted by molar-refractivity contribution is 5.52. The van der Waals surface area contributed by atoms with E-state index in [-0.39, 0.29) is 5.54 Å². The summed E-state index contributed by atoms with van der Waals surface area (Å²) in [6.45, 7) is 13.8. The van der Waals surface area contributed by atoms with Gasteiger partial charge >= 0.3 is 0 Å². The smallest absolute Gasteiger partial charge is 0.225 e. The van der Waals surface area contributed by atoms with E-state index in [1.165, 1.54) is 0 Å². The largest absolute Gasteiger partial charge is 0.378 e. The van der Waals surface area contributed by atoms with Gasteiger partial charge in [-0.15, -0.1) is 0 Å². The van der Waals surface area contributed by atoms with Crippen molar-refractivity contribution in [2.24, 2.45) is 0 Å². The van der Waals surface area contributed by atoms with Crippen LogP contribution in [-0.2, 0) is 4.74 Å². The Kier molecular flexibility index (Phi) is 3.94. The van der Waals surface area contributed by atoms with Crippen molar-refractivity contribution in [3.63, 3.8) is 0 Å². The van der Waals surface area contributed by atoms with Crippen LogP contribution < -0.4 is 10.2 Å². The van der Waals surface area contributed by atoms with Gasteiger partial charge < -0.3 is 15.0 Å². The molecule has 1 saturated heterocycles. The minimum Gasteiger partial charge on any atom is -0.378 e. The first-order valence-electron chi connectivity index (χ1n) is 6.83. The third-order valence-corrected chi connectivity index (χ3v) is 3.16. The number of rotatable bonds is 2. The van der Waals surface area contributed by atoms with Crippen molar-refractivity contribution in [1.29, 1.82) is 0 Å². The van der Waals surface area contributed by atoms with Crippen LogP contribution >= 0.6 is 0 Å². The molecule has 2 rings (SSSR count). The van der Waals surface area contributed by atoms with Crippen molar-refractivity contribution in [1.82, 2.24) is 9.97 Å². The average Bonchev–Trinajstić information content (AvgIpc) is 2.33. The highest BCUT2D eigenvalue weighted by Crippen LogP contribution is 2.23. The summed E-state index contributed by atoms with van der Waals surface area (Å²) in [5.74, 6) is 1.74. The van der Waals surface area contributed by atoms with E-state index in [9.17, 15) is 0 Å². The maximum Gasteiger partial charge on any atom is 0.225 e. The number of morpholine rings is 1. The van der Waals surface area contributed by atoms with Crippen molar-refractivity contribution in [3.8, 4) is 0 Å². The number of aromatic nitrogens is 2. The molecule has 0 unspecified atom stereocenters. The molecule has 0 bridgehead atoms. The second kappa shape index (κ2) is 5.33. The lowest BCUT2D eigenvalue weighted by Crippen LogP contribution is -2.38. The standard InChI is InChI=1S/C14H24N4O/c1-10-11(2)15-13(17-14(3,4)5)16-12(10)18-6-8-19-9-7-18/h6-9H2,1-5H3,(H,15,16,17). The normalized spacial score (nSPS) is 16.6. The van der Waals surface area contributed by atoms with E-state index < -0.39 is 0 Å². The van der Waals surface area contributed by atoms with Gasteiger partial charge in [0.05, 0.1) is 13.2 Å². The van der Waals surface area contributed by atoms with Gasteiger partial charge in [-0.1, -0.05) is 0 Å². The second-order valence-electron chi connectivity index (χ2n) is 6.06. The molecule has 1 aromatic rings. The van der Waals surface area contributed by atoms with Gasteiger partial charge in [0.1, 0.15) is 5.82 Å². The molecule has 5 heteroatoms. The van der Waals surface area contributed by atoms with Gasteiger partial charge in [-0.25, -0.2) is 4.98 Å². The van der Waals surface area contributed by atoms with Crippen LogP contribution in [0.4, 0.5) is 11.8 Å². The van der Waals surface area contributed by atoms with Gasteiger partial charge in [0.25, 0.3) is 0 Å². The topological polar surface area (TPSA) is 50.3 Å². The summed E-state index contributed by atoms with van der Waals surface area (Å²) in [6, 6.07) is 0. The Hall–Kier alpha value is -1.36. The van der Waals surface area contributed by atoms with Gasteiger partial charge in [0, 0.05) is 29.9 Å². The summed E-state index contributed by atoms with van der Waals surface area (Å²) in [5, 5.41) is 3.35. The molecule has 0 spiro atoms. The number of hydrogen-bond acceptors (Lipinski definition) is 5. The van der Waals surface area contributed by atoms with Crippen LogP contribution in [0.5, 0.6) is 0 Å². The highest BCUT2D eigenvalue weighted by atomic mass is 16.5. The molecule has 1 aromatic heterocycles. The fraction of sp³-hybridized carbons (Fsp3) is 0.714. The molecule has 0 radical (unpaired) electrons. The molecular formula is C14H24N4O. The number of nitrogens with zero attached hydrogens (tertiary/aromatic N) is 3. The first-order chi connectivity index (χ1) is 8.87. The number of anilines is 2. The minimum absolute atomic E-state index is 0.0377. The zero-order valence-corrected chi connectivity index (χ0v) is 12.6. The Labute approximate surface area is 115 Å². The van der Waals surface area contributed by atoms with Crippen molar-refractivity contribution in [2.45, 2.75) is 40.2 Å². The van der Waals surface area contributed by atoms with Gasteiger partial charge in [-0.3, -0.25) is 0 Å². The van der Waals surface area contributed by atoms with Gasteiger partial charge in [0.15, 0.2) is 0 Å². The van der Waals surface area contributed by atoms with Crippen LogP contribution in [0.2, 0.25) is 0 Å². The number of ether oxygens (including phenoxy) is 1. The highest BCUT2D eigenvalue weighted by Gasteiger charge is 2.19. The summed E-state index contributed by atoms with van der Waals surface area (Å²) >= 11 is 0. The Morgan fingerprint density at radius 2 is 1.74 bits per heavy atom.